The summed E-state index contributed by atoms with van der Waals surface area (Å²) in [5, 5.41) is 12.8. The molecule has 2 rings (SSSR count). The number of rotatable bonds is 4. The van der Waals surface area contributed by atoms with E-state index in [2.05, 4.69) is 18.3 Å². The van der Waals surface area contributed by atoms with Crippen molar-refractivity contribution >= 4 is 6.09 Å². The highest BCUT2D eigenvalue weighted by Gasteiger charge is 2.24. The summed E-state index contributed by atoms with van der Waals surface area (Å²) in [6.07, 6.45) is 1.62. The fourth-order valence-corrected chi connectivity index (χ4v) is 2.77. The number of carbonyl (C=O) groups is 1. The van der Waals surface area contributed by atoms with Gasteiger partial charge in [0, 0.05) is 25.2 Å². The highest BCUT2D eigenvalue weighted by molar-refractivity contribution is 5.67. The normalized spacial score (nSPS) is 17.6. The molecule has 1 fully saturated rings. The number of hydrogen-bond acceptors (Lipinski definition) is 4. The molecule has 0 aromatic heterocycles. The number of ether oxygens (including phenoxy) is 1. The van der Waals surface area contributed by atoms with E-state index < -0.39 is 0 Å². The van der Waals surface area contributed by atoms with Crippen LogP contribution in [0.5, 0.6) is 0 Å². The Balaban J connectivity index is 1.86. The molecular weight excluding hydrogens is 268 g/mol. The van der Waals surface area contributed by atoms with E-state index in [4.69, 9.17) is 4.74 Å². The van der Waals surface area contributed by atoms with Crippen LogP contribution in [0.2, 0.25) is 0 Å². The van der Waals surface area contributed by atoms with Gasteiger partial charge in [-0.25, -0.2) is 4.79 Å². The van der Waals surface area contributed by atoms with Crippen LogP contribution >= 0.6 is 0 Å². The molecule has 5 heteroatoms. The van der Waals surface area contributed by atoms with E-state index in [1.807, 2.05) is 18.2 Å². The van der Waals surface area contributed by atoms with Gasteiger partial charge in [-0.1, -0.05) is 24.3 Å². The van der Waals surface area contributed by atoms with Crippen LogP contribution in [0.15, 0.2) is 24.3 Å². The molecule has 0 bridgehead atoms. The Morgan fingerprint density at radius 3 is 2.81 bits per heavy atom. The molecule has 1 aliphatic rings. The molecule has 116 valence electrons. The molecule has 2 N–H and O–H groups in total. The third kappa shape index (κ3) is 4.19. The summed E-state index contributed by atoms with van der Waals surface area (Å²) in [6, 6.07) is 8.62. The molecule has 0 aliphatic carbocycles. The molecule has 1 saturated heterocycles. The van der Waals surface area contributed by atoms with Crippen LogP contribution in [0.1, 0.15) is 36.9 Å². The number of amides is 1. The van der Waals surface area contributed by atoms with Crippen LogP contribution in [0.4, 0.5) is 4.79 Å². The Morgan fingerprint density at radius 2 is 2.19 bits per heavy atom. The molecule has 1 atom stereocenters. The third-order valence-electron chi connectivity index (χ3n) is 4.05. The van der Waals surface area contributed by atoms with E-state index in [-0.39, 0.29) is 18.7 Å². The average molecular weight is 292 g/mol. The zero-order chi connectivity index (χ0) is 15.2. The highest BCUT2D eigenvalue weighted by atomic mass is 16.5. The Labute approximate surface area is 125 Å². The van der Waals surface area contributed by atoms with Crippen molar-refractivity contribution in [1.82, 2.24) is 10.2 Å². The maximum atomic E-state index is 11.4. The number of benzene rings is 1. The predicted octanol–water partition coefficient (Wildman–Crippen LogP) is 2.06. The number of aliphatic hydroxyl groups is 1. The number of piperidine rings is 1. The van der Waals surface area contributed by atoms with Crippen molar-refractivity contribution in [2.24, 2.45) is 0 Å². The lowest BCUT2D eigenvalue weighted by atomic mass is 10.0. The standard InChI is InChI=1S/C16H24N2O3/c1-12(14-5-3-4-13(10-14)11-19)17-15-6-8-18(9-7-15)16(20)21-2/h3-5,10,12,15,17,19H,6-9,11H2,1-2H3. The van der Waals surface area contributed by atoms with Gasteiger partial charge in [-0.15, -0.1) is 0 Å². The van der Waals surface area contributed by atoms with Gasteiger partial charge in [0.25, 0.3) is 0 Å². The molecule has 1 aromatic carbocycles. The van der Waals surface area contributed by atoms with Gasteiger partial charge in [0.05, 0.1) is 13.7 Å². The van der Waals surface area contributed by atoms with Crippen molar-refractivity contribution in [3.63, 3.8) is 0 Å². The maximum Gasteiger partial charge on any atom is 0.409 e. The summed E-state index contributed by atoms with van der Waals surface area (Å²) >= 11 is 0. The minimum Gasteiger partial charge on any atom is -0.453 e. The van der Waals surface area contributed by atoms with E-state index in [9.17, 15) is 9.90 Å². The summed E-state index contributed by atoms with van der Waals surface area (Å²) in [5.74, 6) is 0. The average Bonchev–Trinajstić information content (AvgIpc) is 2.54. The zero-order valence-electron chi connectivity index (χ0n) is 12.7. The van der Waals surface area contributed by atoms with Crippen molar-refractivity contribution in [1.29, 1.82) is 0 Å². The van der Waals surface area contributed by atoms with Crippen molar-refractivity contribution in [3.05, 3.63) is 35.4 Å². The fraction of sp³-hybridized carbons (Fsp3) is 0.562. The molecule has 0 saturated carbocycles. The lowest BCUT2D eigenvalue weighted by Crippen LogP contribution is -2.45. The first-order valence-electron chi connectivity index (χ1n) is 7.42. The SMILES string of the molecule is COC(=O)N1CCC(NC(C)c2cccc(CO)c2)CC1. The van der Waals surface area contributed by atoms with Gasteiger partial charge < -0.3 is 20.1 Å². The third-order valence-corrected chi connectivity index (χ3v) is 4.05. The van der Waals surface area contributed by atoms with Crippen LogP contribution in [-0.2, 0) is 11.3 Å². The Kier molecular flexibility index (Phi) is 5.59. The highest BCUT2D eigenvalue weighted by Crippen LogP contribution is 2.19. The maximum absolute atomic E-state index is 11.4. The number of aliphatic hydroxyl groups excluding tert-OH is 1. The smallest absolute Gasteiger partial charge is 0.409 e. The predicted molar refractivity (Wildman–Crippen MR) is 80.9 cm³/mol. The van der Waals surface area contributed by atoms with Crippen LogP contribution in [0.3, 0.4) is 0 Å². The first-order chi connectivity index (χ1) is 10.1. The van der Waals surface area contributed by atoms with Crippen molar-refractivity contribution in [2.45, 2.75) is 38.5 Å². The summed E-state index contributed by atoms with van der Waals surface area (Å²) in [6.45, 7) is 3.66. The molecule has 0 spiro atoms. The molecule has 21 heavy (non-hydrogen) atoms. The second kappa shape index (κ2) is 7.43. The number of carbonyl (C=O) groups excluding carboxylic acids is 1. The number of methoxy groups -OCH3 is 1. The van der Waals surface area contributed by atoms with Gasteiger partial charge >= 0.3 is 6.09 Å². The number of likely N-dealkylation sites (tertiary alicyclic amines) is 1. The first kappa shape index (κ1) is 15.8. The van der Waals surface area contributed by atoms with Gasteiger partial charge in [0.1, 0.15) is 0 Å². The monoisotopic (exact) mass is 292 g/mol. The Morgan fingerprint density at radius 1 is 1.48 bits per heavy atom. The Bertz CT molecular complexity index is 470. The van der Waals surface area contributed by atoms with Crippen LogP contribution in [0, 0.1) is 0 Å². The van der Waals surface area contributed by atoms with Crippen LogP contribution in [0.25, 0.3) is 0 Å². The molecule has 1 unspecified atom stereocenters. The van der Waals surface area contributed by atoms with E-state index >= 15 is 0 Å². The fourth-order valence-electron chi connectivity index (χ4n) is 2.77. The minimum absolute atomic E-state index is 0.0675. The summed E-state index contributed by atoms with van der Waals surface area (Å²) in [7, 11) is 1.42. The van der Waals surface area contributed by atoms with Gasteiger partial charge in [-0.3, -0.25) is 0 Å². The molecule has 1 amide bonds. The second-order valence-electron chi connectivity index (χ2n) is 5.52. The topological polar surface area (TPSA) is 61.8 Å². The van der Waals surface area contributed by atoms with E-state index in [1.54, 1.807) is 4.90 Å². The molecule has 1 aliphatic heterocycles. The summed E-state index contributed by atoms with van der Waals surface area (Å²) in [5.41, 5.74) is 2.11. The molecule has 5 nitrogen and oxygen atoms in total. The number of nitrogens with one attached hydrogen (secondary N) is 1. The minimum atomic E-state index is -0.239. The van der Waals surface area contributed by atoms with Gasteiger partial charge in [-0.2, -0.15) is 0 Å². The largest absolute Gasteiger partial charge is 0.453 e. The van der Waals surface area contributed by atoms with Crippen LogP contribution < -0.4 is 5.32 Å². The van der Waals surface area contributed by atoms with E-state index in [0.29, 0.717) is 6.04 Å². The molecule has 1 aromatic rings. The lowest BCUT2D eigenvalue weighted by Gasteiger charge is -2.33. The molecule has 0 radical (unpaired) electrons. The Hall–Kier alpha value is -1.59. The van der Waals surface area contributed by atoms with Crippen molar-refractivity contribution < 1.29 is 14.6 Å². The van der Waals surface area contributed by atoms with E-state index in [0.717, 1.165) is 31.5 Å². The van der Waals surface area contributed by atoms with Gasteiger partial charge in [-0.05, 0) is 30.9 Å². The zero-order valence-corrected chi connectivity index (χ0v) is 12.7. The van der Waals surface area contributed by atoms with Crippen molar-refractivity contribution in [2.75, 3.05) is 20.2 Å². The second-order valence-corrected chi connectivity index (χ2v) is 5.52. The van der Waals surface area contributed by atoms with Gasteiger partial charge in [0.2, 0.25) is 0 Å². The first-order valence-corrected chi connectivity index (χ1v) is 7.42. The quantitative estimate of drug-likeness (QED) is 0.891. The van der Waals surface area contributed by atoms with E-state index in [1.165, 1.54) is 12.7 Å². The summed E-state index contributed by atoms with van der Waals surface area (Å²) < 4.78 is 4.74. The number of hydrogen-bond donors (Lipinski definition) is 2. The molecule has 1 heterocycles. The molecular formula is C16H24N2O3. The van der Waals surface area contributed by atoms with Gasteiger partial charge in [0.15, 0.2) is 0 Å². The van der Waals surface area contributed by atoms with Crippen molar-refractivity contribution in [3.8, 4) is 0 Å². The lowest BCUT2D eigenvalue weighted by molar-refractivity contribution is 0.109. The van der Waals surface area contributed by atoms with Crippen LogP contribution in [-0.4, -0.2) is 42.3 Å². The number of nitrogens with zero attached hydrogens (tertiary/aromatic N) is 1. The summed E-state index contributed by atoms with van der Waals surface area (Å²) in [4.78, 5) is 13.2.